The maximum atomic E-state index is 12.7. The fraction of sp³-hybridized carbons (Fsp3) is 0.300. The van der Waals surface area contributed by atoms with Crippen LogP contribution in [0.1, 0.15) is 10.4 Å². The molecule has 0 aromatic heterocycles. The lowest BCUT2D eigenvalue weighted by Gasteiger charge is -2.26. The molecule has 160 valence electrons. The summed E-state index contributed by atoms with van der Waals surface area (Å²) in [5, 5.41) is 5.27. The molecule has 1 aliphatic heterocycles. The minimum absolute atomic E-state index is 0.00276. The molecule has 1 heterocycles. The van der Waals surface area contributed by atoms with E-state index in [1.54, 1.807) is 24.3 Å². The van der Waals surface area contributed by atoms with Gasteiger partial charge in [0.1, 0.15) is 5.75 Å². The van der Waals surface area contributed by atoms with E-state index in [0.717, 1.165) is 4.47 Å². The van der Waals surface area contributed by atoms with Gasteiger partial charge in [-0.3, -0.25) is 14.5 Å². The lowest BCUT2D eigenvalue weighted by molar-refractivity contribution is -0.118. The highest BCUT2D eigenvalue weighted by atomic mass is 79.9. The molecule has 0 aliphatic carbocycles. The molecule has 1 aliphatic rings. The number of hydrogen-bond acceptors (Lipinski definition) is 5. The number of amides is 2. The number of morpholine rings is 1. The van der Waals surface area contributed by atoms with Gasteiger partial charge < -0.3 is 20.1 Å². The third kappa shape index (κ3) is 6.48. The number of carbonyl (C=O) groups is 2. The standard InChI is InChI=1S/C20H20BrF2N3O4/c21-14-2-4-15(5-3-14)24-19(28)13-1-6-17(30-20(22)23)16(11-13)25-18(27)12-26-7-9-29-10-8-26/h1-6,11,20H,7-10,12H2,(H,24,28)(H,25,27). The van der Waals surface area contributed by atoms with Crippen molar-refractivity contribution in [1.29, 1.82) is 0 Å². The van der Waals surface area contributed by atoms with Crippen LogP contribution in [-0.4, -0.2) is 56.2 Å². The third-order valence-electron chi connectivity index (χ3n) is 4.30. The SMILES string of the molecule is O=C(CN1CCOCC1)Nc1cc(C(=O)Nc2ccc(Br)cc2)ccc1OC(F)F. The fourth-order valence-corrected chi connectivity index (χ4v) is 3.12. The van der Waals surface area contributed by atoms with E-state index in [0.29, 0.717) is 32.0 Å². The van der Waals surface area contributed by atoms with Crippen LogP contribution in [0.4, 0.5) is 20.2 Å². The molecule has 30 heavy (non-hydrogen) atoms. The van der Waals surface area contributed by atoms with Gasteiger partial charge in [-0.05, 0) is 42.5 Å². The second-order valence-corrected chi connectivity index (χ2v) is 7.40. The molecular formula is C20H20BrF2N3O4. The van der Waals surface area contributed by atoms with Gasteiger partial charge in [-0.2, -0.15) is 8.78 Å². The molecule has 0 atom stereocenters. The summed E-state index contributed by atoms with van der Waals surface area (Å²) >= 11 is 3.31. The number of nitrogens with zero attached hydrogens (tertiary/aromatic N) is 1. The fourth-order valence-electron chi connectivity index (χ4n) is 2.86. The number of alkyl halides is 2. The molecule has 2 aromatic carbocycles. The van der Waals surface area contributed by atoms with Crippen molar-refractivity contribution < 1.29 is 27.8 Å². The Morgan fingerprint density at radius 2 is 1.80 bits per heavy atom. The van der Waals surface area contributed by atoms with Crippen LogP contribution in [0.2, 0.25) is 0 Å². The van der Waals surface area contributed by atoms with Crippen molar-refractivity contribution in [3.63, 3.8) is 0 Å². The van der Waals surface area contributed by atoms with Crippen molar-refractivity contribution in [3.05, 3.63) is 52.5 Å². The van der Waals surface area contributed by atoms with Gasteiger partial charge in [0.2, 0.25) is 5.91 Å². The minimum Gasteiger partial charge on any atom is -0.433 e. The minimum atomic E-state index is -3.07. The van der Waals surface area contributed by atoms with Gasteiger partial charge in [0, 0.05) is 28.8 Å². The molecule has 1 fully saturated rings. The van der Waals surface area contributed by atoms with Crippen molar-refractivity contribution in [2.45, 2.75) is 6.61 Å². The summed E-state index contributed by atoms with van der Waals surface area (Å²) < 4.78 is 36.1. The monoisotopic (exact) mass is 483 g/mol. The van der Waals surface area contributed by atoms with Crippen molar-refractivity contribution >= 4 is 39.1 Å². The van der Waals surface area contributed by atoms with Crippen LogP contribution in [0.5, 0.6) is 5.75 Å². The summed E-state index contributed by atoms with van der Waals surface area (Å²) in [5.74, 6) is -1.08. The molecule has 10 heteroatoms. The molecular weight excluding hydrogens is 464 g/mol. The van der Waals surface area contributed by atoms with Gasteiger partial charge in [-0.15, -0.1) is 0 Å². The molecule has 0 spiro atoms. The number of nitrogens with one attached hydrogen (secondary N) is 2. The second-order valence-electron chi connectivity index (χ2n) is 6.49. The lowest BCUT2D eigenvalue weighted by Crippen LogP contribution is -2.41. The van der Waals surface area contributed by atoms with Crippen molar-refractivity contribution in [2.24, 2.45) is 0 Å². The first-order valence-corrected chi connectivity index (χ1v) is 9.96. The molecule has 7 nitrogen and oxygen atoms in total. The van der Waals surface area contributed by atoms with Crippen LogP contribution in [0, 0.1) is 0 Å². The van der Waals surface area contributed by atoms with E-state index in [1.807, 2.05) is 4.90 Å². The van der Waals surface area contributed by atoms with Crippen molar-refractivity contribution in [2.75, 3.05) is 43.5 Å². The number of benzene rings is 2. The highest BCUT2D eigenvalue weighted by Crippen LogP contribution is 2.28. The van der Waals surface area contributed by atoms with Gasteiger partial charge in [0.05, 0.1) is 25.4 Å². The Balaban J connectivity index is 1.74. The molecule has 0 saturated carbocycles. The van der Waals surface area contributed by atoms with Crippen LogP contribution in [0.3, 0.4) is 0 Å². The zero-order chi connectivity index (χ0) is 21.5. The Labute approximate surface area is 180 Å². The number of hydrogen-bond donors (Lipinski definition) is 2. The van der Waals surface area contributed by atoms with Crippen LogP contribution < -0.4 is 15.4 Å². The zero-order valence-electron chi connectivity index (χ0n) is 15.9. The average Bonchev–Trinajstić information content (AvgIpc) is 2.71. The summed E-state index contributed by atoms with van der Waals surface area (Å²) in [6.07, 6.45) is 0. The first kappa shape index (κ1) is 22.1. The van der Waals surface area contributed by atoms with E-state index < -0.39 is 18.4 Å². The lowest BCUT2D eigenvalue weighted by atomic mass is 10.1. The zero-order valence-corrected chi connectivity index (χ0v) is 17.5. The third-order valence-corrected chi connectivity index (χ3v) is 4.83. The molecule has 2 amide bonds. The van der Waals surface area contributed by atoms with Crippen LogP contribution in [0.15, 0.2) is 46.9 Å². The smallest absolute Gasteiger partial charge is 0.387 e. The average molecular weight is 484 g/mol. The molecule has 0 bridgehead atoms. The van der Waals surface area contributed by atoms with E-state index in [1.165, 1.54) is 18.2 Å². The van der Waals surface area contributed by atoms with E-state index in [9.17, 15) is 18.4 Å². The normalized spacial score (nSPS) is 14.4. The van der Waals surface area contributed by atoms with Gasteiger partial charge in [0.15, 0.2) is 0 Å². The van der Waals surface area contributed by atoms with E-state index in [-0.39, 0.29) is 23.5 Å². The Kier molecular flexibility index (Phi) is 7.72. The molecule has 0 unspecified atom stereocenters. The number of ether oxygens (including phenoxy) is 2. The van der Waals surface area contributed by atoms with Gasteiger partial charge in [0.25, 0.3) is 5.91 Å². The molecule has 2 aromatic rings. The maximum absolute atomic E-state index is 12.7. The summed E-state index contributed by atoms with van der Waals surface area (Å²) in [6, 6.07) is 10.8. The summed E-state index contributed by atoms with van der Waals surface area (Å²) in [7, 11) is 0. The van der Waals surface area contributed by atoms with Crippen LogP contribution in [-0.2, 0) is 9.53 Å². The molecule has 2 N–H and O–H groups in total. The summed E-state index contributed by atoms with van der Waals surface area (Å²) in [5.41, 5.74) is 0.743. The predicted octanol–water partition coefficient (Wildman–Crippen LogP) is 3.57. The first-order chi connectivity index (χ1) is 14.4. The van der Waals surface area contributed by atoms with Gasteiger partial charge >= 0.3 is 6.61 Å². The van der Waals surface area contributed by atoms with Gasteiger partial charge in [-0.25, -0.2) is 0 Å². The number of halogens is 3. The number of anilines is 2. The van der Waals surface area contributed by atoms with Crippen molar-refractivity contribution in [1.82, 2.24) is 4.90 Å². The Morgan fingerprint density at radius 3 is 2.47 bits per heavy atom. The molecule has 0 radical (unpaired) electrons. The number of rotatable bonds is 7. The first-order valence-electron chi connectivity index (χ1n) is 9.16. The largest absolute Gasteiger partial charge is 0.433 e. The highest BCUT2D eigenvalue weighted by molar-refractivity contribution is 9.10. The second kappa shape index (κ2) is 10.5. The topological polar surface area (TPSA) is 79.9 Å². The maximum Gasteiger partial charge on any atom is 0.387 e. The van der Waals surface area contributed by atoms with Crippen molar-refractivity contribution in [3.8, 4) is 5.75 Å². The molecule has 1 saturated heterocycles. The van der Waals surface area contributed by atoms with Crippen LogP contribution >= 0.6 is 15.9 Å². The highest BCUT2D eigenvalue weighted by Gasteiger charge is 2.18. The van der Waals surface area contributed by atoms with Crippen LogP contribution in [0.25, 0.3) is 0 Å². The van der Waals surface area contributed by atoms with E-state index >= 15 is 0 Å². The Hall–Kier alpha value is -2.56. The Morgan fingerprint density at radius 1 is 1.10 bits per heavy atom. The molecule has 3 rings (SSSR count). The van der Waals surface area contributed by atoms with Gasteiger partial charge in [-0.1, -0.05) is 15.9 Å². The predicted molar refractivity (Wildman–Crippen MR) is 111 cm³/mol. The summed E-state index contributed by atoms with van der Waals surface area (Å²) in [4.78, 5) is 26.8. The Bertz CT molecular complexity index is 890. The quantitative estimate of drug-likeness (QED) is 0.629. The van der Waals surface area contributed by atoms with E-state index in [2.05, 4.69) is 31.3 Å². The number of carbonyl (C=O) groups excluding carboxylic acids is 2. The summed E-state index contributed by atoms with van der Waals surface area (Å²) in [6.45, 7) is -0.737. The van der Waals surface area contributed by atoms with E-state index in [4.69, 9.17) is 4.74 Å².